The van der Waals surface area contributed by atoms with Crippen LogP contribution in [0.15, 0.2) is 12.1 Å². The molecule has 9 heteroatoms. The normalized spacial score (nSPS) is 25.0. The molecule has 2 aliphatic rings. The van der Waals surface area contributed by atoms with Crippen molar-refractivity contribution in [1.82, 2.24) is 9.88 Å². The summed E-state index contributed by atoms with van der Waals surface area (Å²) in [4.78, 5) is 37.7. The summed E-state index contributed by atoms with van der Waals surface area (Å²) in [7, 11) is 0. The van der Waals surface area contributed by atoms with Gasteiger partial charge in [0.2, 0.25) is 0 Å². The van der Waals surface area contributed by atoms with E-state index in [4.69, 9.17) is 0 Å². The molecule has 1 aliphatic heterocycles. The Morgan fingerprint density at radius 3 is 2.67 bits per heavy atom. The molecule has 8 nitrogen and oxygen atoms in total. The van der Waals surface area contributed by atoms with Crippen molar-refractivity contribution in [3.63, 3.8) is 0 Å². The van der Waals surface area contributed by atoms with Crippen LogP contribution < -0.4 is 0 Å². The van der Waals surface area contributed by atoms with Crippen molar-refractivity contribution >= 4 is 29.5 Å². The summed E-state index contributed by atoms with van der Waals surface area (Å²) in [6.07, 6.45) is 1.97. The number of nitrogens with one attached hydrogen (secondary N) is 1. The fraction of sp³-hybridized carbons (Fsp3) is 0.500. The number of aromatic nitrogens is 1. The Hall–Kier alpha value is -2.03. The van der Waals surface area contributed by atoms with Gasteiger partial charge < -0.3 is 20.1 Å². The predicted molar refractivity (Wildman–Crippen MR) is 74.0 cm³/mol. The van der Waals surface area contributed by atoms with E-state index in [1.807, 2.05) is 0 Å². The van der Waals surface area contributed by atoms with Crippen LogP contribution in [0.3, 0.4) is 0 Å². The standard InChI is InChI=1S/C12H13N3O5S/c16-10(7-3-4-9(13-7)15(19)20)14-8(12(17)18)5-21-11(14)6-1-2-6/h3-4,6,8,11,13H,1-2,5H2,(H,17,18). The first-order valence-corrected chi connectivity index (χ1v) is 7.54. The number of rotatable bonds is 4. The van der Waals surface area contributed by atoms with Crippen LogP contribution in [0.4, 0.5) is 5.82 Å². The van der Waals surface area contributed by atoms with Crippen LogP contribution in [0, 0.1) is 16.0 Å². The number of nitrogens with zero attached hydrogens (tertiary/aromatic N) is 2. The van der Waals surface area contributed by atoms with Gasteiger partial charge in [0.25, 0.3) is 5.91 Å². The van der Waals surface area contributed by atoms with Crippen LogP contribution in [0.5, 0.6) is 0 Å². The minimum Gasteiger partial charge on any atom is -0.480 e. The summed E-state index contributed by atoms with van der Waals surface area (Å²) in [5.41, 5.74) is 0.0566. The SMILES string of the molecule is O=C(O)C1CSC(C2CC2)N1C(=O)c1ccc([N+](=O)[O-])[nH]1. The minimum atomic E-state index is -1.04. The third kappa shape index (κ3) is 2.48. The van der Waals surface area contributed by atoms with Gasteiger partial charge in [-0.05, 0) is 29.7 Å². The van der Waals surface area contributed by atoms with Gasteiger partial charge in [0.15, 0.2) is 5.69 Å². The zero-order chi connectivity index (χ0) is 15.1. The molecule has 1 saturated carbocycles. The van der Waals surface area contributed by atoms with E-state index in [-0.39, 0.29) is 16.9 Å². The van der Waals surface area contributed by atoms with Crippen molar-refractivity contribution in [2.24, 2.45) is 5.92 Å². The molecule has 2 atom stereocenters. The zero-order valence-electron chi connectivity index (χ0n) is 10.9. The number of carbonyl (C=O) groups excluding carboxylic acids is 1. The minimum absolute atomic E-state index is 0.0566. The Kier molecular flexibility index (Phi) is 3.36. The molecule has 3 rings (SSSR count). The average Bonchev–Trinajstić information content (AvgIpc) is 3.01. The van der Waals surface area contributed by atoms with Crippen LogP contribution >= 0.6 is 11.8 Å². The topological polar surface area (TPSA) is 117 Å². The number of nitro groups is 1. The molecule has 0 radical (unpaired) electrons. The molecule has 1 aromatic rings. The summed E-state index contributed by atoms with van der Waals surface area (Å²) >= 11 is 1.47. The molecule has 2 heterocycles. The summed E-state index contributed by atoms with van der Waals surface area (Å²) in [5.74, 6) is -1.13. The molecule has 2 unspecified atom stereocenters. The van der Waals surface area contributed by atoms with Gasteiger partial charge in [-0.2, -0.15) is 0 Å². The van der Waals surface area contributed by atoms with Crippen molar-refractivity contribution in [3.8, 4) is 0 Å². The van der Waals surface area contributed by atoms with Gasteiger partial charge in [-0.1, -0.05) is 0 Å². The molecule has 0 spiro atoms. The molecule has 2 fully saturated rings. The van der Waals surface area contributed by atoms with Crippen LogP contribution in [0.25, 0.3) is 0 Å². The number of thioether (sulfide) groups is 1. The van der Waals surface area contributed by atoms with E-state index in [0.29, 0.717) is 11.7 Å². The highest BCUT2D eigenvalue weighted by molar-refractivity contribution is 8.00. The second kappa shape index (κ2) is 5.06. The number of carboxylic acids is 1. The van der Waals surface area contributed by atoms with Gasteiger partial charge in [-0.3, -0.25) is 4.79 Å². The molecule has 1 saturated heterocycles. The lowest BCUT2D eigenvalue weighted by atomic mass is 10.2. The average molecular weight is 311 g/mol. The Morgan fingerprint density at radius 1 is 1.43 bits per heavy atom. The highest BCUT2D eigenvalue weighted by atomic mass is 32.2. The lowest BCUT2D eigenvalue weighted by Crippen LogP contribution is -2.46. The number of carbonyl (C=O) groups is 2. The Labute approximate surface area is 123 Å². The van der Waals surface area contributed by atoms with Gasteiger partial charge >= 0.3 is 11.8 Å². The quantitative estimate of drug-likeness (QED) is 0.639. The van der Waals surface area contributed by atoms with Crippen molar-refractivity contribution in [2.75, 3.05) is 5.75 Å². The van der Waals surface area contributed by atoms with E-state index in [1.165, 1.54) is 28.8 Å². The smallest absolute Gasteiger partial charge is 0.327 e. The van der Waals surface area contributed by atoms with Gasteiger partial charge in [0.05, 0.1) is 5.37 Å². The number of aromatic amines is 1. The molecule has 0 bridgehead atoms. The molecule has 1 amide bonds. The maximum Gasteiger partial charge on any atom is 0.327 e. The molecule has 112 valence electrons. The van der Waals surface area contributed by atoms with Crippen molar-refractivity contribution in [1.29, 1.82) is 0 Å². The summed E-state index contributed by atoms with van der Waals surface area (Å²) in [6.45, 7) is 0. The van der Waals surface area contributed by atoms with E-state index >= 15 is 0 Å². The second-order valence-electron chi connectivity index (χ2n) is 5.14. The van der Waals surface area contributed by atoms with Crippen molar-refractivity contribution in [3.05, 3.63) is 27.9 Å². The third-order valence-electron chi connectivity index (χ3n) is 3.68. The summed E-state index contributed by atoms with van der Waals surface area (Å²) in [5, 5.41) is 19.8. The first-order valence-electron chi connectivity index (χ1n) is 6.49. The molecule has 2 N–H and O–H groups in total. The van der Waals surface area contributed by atoms with Crippen LogP contribution in [0.1, 0.15) is 23.3 Å². The molecular formula is C12H13N3O5S. The molecule has 21 heavy (non-hydrogen) atoms. The van der Waals surface area contributed by atoms with Crippen molar-refractivity contribution in [2.45, 2.75) is 24.3 Å². The first-order chi connectivity index (χ1) is 9.99. The van der Waals surface area contributed by atoms with Gasteiger partial charge in [-0.15, -0.1) is 11.8 Å². The number of hydrogen-bond donors (Lipinski definition) is 2. The van der Waals surface area contributed by atoms with Crippen LogP contribution in [-0.2, 0) is 4.79 Å². The maximum atomic E-state index is 12.5. The molecule has 1 aromatic heterocycles. The number of amides is 1. The van der Waals surface area contributed by atoms with E-state index < -0.39 is 22.8 Å². The fourth-order valence-corrected chi connectivity index (χ4v) is 4.10. The fourth-order valence-electron chi connectivity index (χ4n) is 2.47. The largest absolute Gasteiger partial charge is 0.480 e. The molecular weight excluding hydrogens is 298 g/mol. The molecule has 0 aromatic carbocycles. The Bertz CT molecular complexity index is 612. The lowest BCUT2D eigenvalue weighted by Gasteiger charge is -2.26. The number of hydrogen-bond acceptors (Lipinski definition) is 5. The maximum absolute atomic E-state index is 12.5. The van der Waals surface area contributed by atoms with Gasteiger partial charge in [-0.25, -0.2) is 9.78 Å². The van der Waals surface area contributed by atoms with E-state index in [0.717, 1.165) is 12.8 Å². The highest BCUT2D eigenvalue weighted by Crippen LogP contribution is 2.45. The van der Waals surface area contributed by atoms with Crippen LogP contribution in [0.2, 0.25) is 0 Å². The number of H-pyrrole nitrogens is 1. The van der Waals surface area contributed by atoms with Gasteiger partial charge in [0.1, 0.15) is 6.04 Å². The van der Waals surface area contributed by atoms with Crippen LogP contribution in [-0.4, -0.2) is 49.0 Å². The van der Waals surface area contributed by atoms with E-state index in [2.05, 4.69) is 4.98 Å². The number of carboxylic acid groups (broad SMARTS) is 1. The zero-order valence-corrected chi connectivity index (χ0v) is 11.7. The van der Waals surface area contributed by atoms with Crippen molar-refractivity contribution < 1.29 is 19.6 Å². The third-order valence-corrected chi connectivity index (χ3v) is 5.14. The Morgan fingerprint density at radius 2 is 2.14 bits per heavy atom. The summed E-state index contributed by atoms with van der Waals surface area (Å²) in [6, 6.07) is 1.65. The molecule has 1 aliphatic carbocycles. The highest BCUT2D eigenvalue weighted by Gasteiger charge is 2.48. The summed E-state index contributed by atoms with van der Waals surface area (Å²) < 4.78 is 0. The monoisotopic (exact) mass is 311 g/mol. The Balaban J connectivity index is 1.88. The van der Waals surface area contributed by atoms with E-state index in [1.54, 1.807) is 0 Å². The number of aliphatic carboxylic acids is 1. The predicted octanol–water partition coefficient (Wildman–Crippen LogP) is 1.30. The van der Waals surface area contributed by atoms with Gasteiger partial charge in [0, 0.05) is 11.8 Å². The first kappa shape index (κ1) is 13.9. The lowest BCUT2D eigenvalue weighted by molar-refractivity contribution is -0.389. The van der Waals surface area contributed by atoms with E-state index in [9.17, 15) is 24.8 Å². The second-order valence-corrected chi connectivity index (χ2v) is 6.29.